The monoisotopic (exact) mass is 357 g/mol. The molecule has 0 spiro atoms. The number of hydrogen-bond acceptors (Lipinski definition) is 5. The van der Waals surface area contributed by atoms with Crippen molar-refractivity contribution in [2.75, 3.05) is 6.61 Å². The van der Waals surface area contributed by atoms with Crippen LogP contribution in [0.1, 0.15) is 12.5 Å². The van der Waals surface area contributed by atoms with E-state index in [9.17, 15) is 14.0 Å². The normalized spacial score (nSPS) is 11.0. The highest BCUT2D eigenvalue weighted by molar-refractivity contribution is 5.85. The van der Waals surface area contributed by atoms with Gasteiger partial charge in [0.2, 0.25) is 0 Å². The van der Waals surface area contributed by atoms with Gasteiger partial charge in [-0.15, -0.1) is 0 Å². The van der Waals surface area contributed by atoms with Crippen LogP contribution in [0.3, 0.4) is 0 Å². The Bertz CT molecular complexity index is 818. The maximum atomic E-state index is 12.8. The first-order chi connectivity index (χ1) is 12.5. The second-order valence-electron chi connectivity index (χ2n) is 5.15. The van der Waals surface area contributed by atoms with Gasteiger partial charge in [0.1, 0.15) is 23.4 Å². The molecule has 0 aliphatic carbocycles. The van der Waals surface area contributed by atoms with Crippen LogP contribution in [0.25, 0.3) is 0 Å². The van der Waals surface area contributed by atoms with Crippen molar-refractivity contribution in [2.24, 2.45) is 0 Å². The number of nitriles is 1. The zero-order valence-corrected chi connectivity index (χ0v) is 13.9. The summed E-state index contributed by atoms with van der Waals surface area (Å²) in [4.78, 5) is 23.6. The molecule has 1 atom stereocenters. The number of rotatable bonds is 6. The summed E-state index contributed by atoms with van der Waals surface area (Å²) in [5, 5.41) is 8.93. The number of ether oxygens (including phenoxy) is 2. The molecule has 0 saturated carbocycles. The molecule has 134 valence electrons. The average molecular weight is 357 g/mol. The summed E-state index contributed by atoms with van der Waals surface area (Å²) in [6.07, 6.45) is -0.916. The zero-order chi connectivity index (χ0) is 18.9. The summed E-state index contributed by atoms with van der Waals surface area (Å²) in [7, 11) is 0. The van der Waals surface area contributed by atoms with Crippen molar-refractivity contribution < 1.29 is 23.5 Å². The molecule has 26 heavy (non-hydrogen) atoms. The van der Waals surface area contributed by atoms with Crippen LogP contribution in [0.2, 0.25) is 0 Å². The summed E-state index contributed by atoms with van der Waals surface area (Å²) in [5.41, 5.74) is 4.67. The van der Waals surface area contributed by atoms with Crippen molar-refractivity contribution in [1.29, 1.82) is 5.26 Å². The molecular formula is C18H16FN3O4. The highest BCUT2D eigenvalue weighted by Crippen LogP contribution is 2.16. The first-order valence-corrected chi connectivity index (χ1v) is 7.62. The van der Waals surface area contributed by atoms with Gasteiger partial charge >= 0.3 is 0 Å². The number of benzene rings is 2. The first kappa shape index (κ1) is 18.7. The van der Waals surface area contributed by atoms with Crippen LogP contribution >= 0.6 is 0 Å². The Morgan fingerprint density at radius 3 is 2.54 bits per heavy atom. The Kier molecular flexibility index (Phi) is 6.51. The molecule has 0 bridgehead atoms. The minimum Gasteiger partial charge on any atom is -0.482 e. The smallest absolute Gasteiger partial charge is 0.279 e. The van der Waals surface area contributed by atoms with Crippen molar-refractivity contribution in [3.05, 3.63) is 59.9 Å². The summed E-state index contributed by atoms with van der Waals surface area (Å²) >= 11 is 0. The number of carbonyl (C=O) groups is 2. The summed E-state index contributed by atoms with van der Waals surface area (Å²) in [6, 6.07) is 13.6. The number of hydrazine groups is 1. The number of hydrogen-bond donors (Lipinski definition) is 2. The van der Waals surface area contributed by atoms with Crippen LogP contribution in [-0.4, -0.2) is 24.5 Å². The molecule has 0 heterocycles. The van der Waals surface area contributed by atoms with Crippen LogP contribution in [-0.2, 0) is 9.59 Å². The van der Waals surface area contributed by atoms with Gasteiger partial charge in [0.05, 0.1) is 5.56 Å². The van der Waals surface area contributed by atoms with Gasteiger partial charge in [-0.2, -0.15) is 5.26 Å². The second-order valence-corrected chi connectivity index (χ2v) is 5.15. The minimum absolute atomic E-state index is 0.268. The molecule has 0 aromatic heterocycles. The van der Waals surface area contributed by atoms with Crippen molar-refractivity contribution in [3.8, 4) is 17.6 Å². The Hall–Kier alpha value is -3.60. The van der Waals surface area contributed by atoms with Gasteiger partial charge in [-0.05, 0) is 43.3 Å². The third kappa shape index (κ3) is 5.49. The van der Waals surface area contributed by atoms with Crippen LogP contribution in [0.5, 0.6) is 11.5 Å². The Balaban J connectivity index is 1.76. The van der Waals surface area contributed by atoms with Gasteiger partial charge in [0.15, 0.2) is 12.7 Å². The number of amides is 2. The number of carbonyl (C=O) groups excluding carboxylic acids is 2. The van der Waals surface area contributed by atoms with E-state index in [0.717, 1.165) is 0 Å². The molecule has 2 N–H and O–H groups in total. The molecule has 2 amide bonds. The SMILES string of the molecule is CC(Oc1ccc(F)cc1)C(=O)NNC(=O)COc1ccccc1C#N. The first-order valence-electron chi connectivity index (χ1n) is 7.62. The highest BCUT2D eigenvalue weighted by atomic mass is 19.1. The predicted molar refractivity (Wildman–Crippen MR) is 89.4 cm³/mol. The van der Waals surface area contributed by atoms with E-state index < -0.39 is 23.7 Å². The second kappa shape index (κ2) is 9.03. The van der Waals surface area contributed by atoms with Crippen LogP contribution < -0.4 is 20.3 Å². The van der Waals surface area contributed by atoms with Crippen molar-refractivity contribution in [2.45, 2.75) is 13.0 Å². The Morgan fingerprint density at radius 1 is 1.15 bits per heavy atom. The average Bonchev–Trinajstić information content (AvgIpc) is 2.66. The fourth-order valence-corrected chi connectivity index (χ4v) is 1.87. The number of halogens is 1. The molecule has 2 aromatic carbocycles. The third-order valence-corrected chi connectivity index (χ3v) is 3.19. The molecule has 2 aromatic rings. The molecular weight excluding hydrogens is 341 g/mol. The van der Waals surface area contributed by atoms with Gasteiger partial charge in [0, 0.05) is 0 Å². The fraction of sp³-hybridized carbons (Fsp3) is 0.167. The molecule has 8 heteroatoms. The van der Waals surface area contributed by atoms with E-state index in [1.54, 1.807) is 24.3 Å². The molecule has 1 unspecified atom stereocenters. The topological polar surface area (TPSA) is 100 Å². The van der Waals surface area contributed by atoms with Crippen molar-refractivity contribution >= 4 is 11.8 Å². The highest BCUT2D eigenvalue weighted by Gasteiger charge is 2.15. The number of para-hydroxylation sites is 1. The van der Waals surface area contributed by atoms with E-state index in [-0.39, 0.29) is 12.4 Å². The lowest BCUT2D eigenvalue weighted by atomic mass is 10.2. The third-order valence-electron chi connectivity index (χ3n) is 3.19. The maximum absolute atomic E-state index is 12.8. The van der Waals surface area contributed by atoms with E-state index in [4.69, 9.17) is 14.7 Å². The zero-order valence-electron chi connectivity index (χ0n) is 13.9. The molecule has 7 nitrogen and oxygen atoms in total. The largest absolute Gasteiger partial charge is 0.482 e. The number of nitrogens with one attached hydrogen (secondary N) is 2. The standard InChI is InChI=1S/C18H16FN3O4/c1-12(26-15-8-6-14(19)7-9-15)18(24)22-21-17(23)11-25-16-5-3-2-4-13(16)10-20/h2-9,12H,11H2,1H3,(H,21,23)(H,22,24). The summed E-state index contributed by atoms with van der Waals surface area (Å²) < 4.78 is 23.4. The molecule has 2 rings (SSSR count). The van der Waals surface area contributed by atoms with Crippen molar-refractivity contribution in [3.63, 3.8) is 0 Å². The van der Waals surface area contributed by atoms with Crippen LogP contribution in [0.4, 0.5) is 4.39 Å². The maximum Gasteiger partial charge on any atom is 0.279 e. The summed E-state index contributed by atoms with van der Waals surface area (Å²) in [6.45, 7) is 1.09. The quantitative estimate of drug-likeness (QED) is 0.767. The van der Waals surface area contributed by atoms with Gasteiger partial charge < -0.3 is 9.47 Å². The van der Waals surface area contributed by atoms with Crippen LogP contribution in [0, 0.1) is 17.1 Å². The molecule has 0 fully saturated rings. The van der Waals surface area contributed by atoms with Gasteiger partial charge in [-0.25, -0.2) is 4.39 Å². The van der Waals surface area contributed by atoms with Gasteiger partial charge in [-0.1, -0.05) is 12.1 Å². The molecule has 0 aliphatic rings. The van der Waals surface area contributed by atoms with Gasteiger partial charge in [-0.3, -0.25) is 20.4 Å². The lowest BCUT2D eigenvalue weighted by molar-refractivity contribution is -0.133. The van der Waals surface area contributed by atoms with E-state index in [1.165, 1.54) is 31.2 Å². The molecule has 0 radical (unpaired) electrons. The minimum atomic E-state index is -0.916. The fourth-order valence-electron chi connectivity index (χ4n) is 1.87. The summed E-state index contributed by atoms with van der Waals surface area (Å²) in [5.74, 6) is -1.04. The Morgan fingerprint density at radius 2 is 1.85 bits per heavy atom. The Labute approximate surface area is 149 Å². The van der Waals surface area contributed by atoms with E-state index in [1.807, 2.05) is 6.07 Å². The molecule has 0 saturated heterocycles. The number of nitrogens with zero attached hydrogens (tertiary/aromatic N) is 1. The van der Waals surface area contributed by atoms with E-state index in [0.29, 0.717) is 11.3 Å². The van der Waals surface area contributed by atoms with Crippen molar-refractivity contribution in [1.82, 2.24) is 10.9 Å². The lowest BCUT2D eigenvalue weighted by Gasteiger charge is -2.15. The van der Waals surface area contributed by atoms with Gasteiger partial charge in [0.25, 0.3) is 11.8 Å². The van der Waals surface area contributed by atoms with Crippen LogP contribution in [0.15, 0.2) is 48.5 Å². The molecule has 0 aliphatic heterocycles. The van der Waals surface area contributed by atoms with E-state index in [2.05, 4.69) is 10.9 Å². The lowest BCUT2D eigenvalue weighted by Crippen LogP contribution is -2.48. The van der Waals surface area contributed by atoms with E-state index >= 15 is 0 Å². The predicted octanol–water partition coefficient (Wildman–Crippen LogP) is 1.69.